The first-order valence-corrected chi connectivity index (χ1v) is 6.91. The summed E-state index contributed by atoms with van der Waals surface area (Å²) in [6.07, 6.45) is 2.52. The van der Waals surface area contributed by atoms with Gasteiger partial charge in [0, 0.05) is 6.04 Å². The average molecular weight is 249 g/mol. The molecule has 3 nitrogen and oxygen atoms in total. The molecule has 3 heteroatoms. The van der Waals surface area contributed by atoms with Crippen molar-refractivity contribution >= 4 is 0 Å². The van der Waals surface area contributed by atoms with Gasteiger partial charge in [-0.3, -0.25) is 0 Å². The van der Waals surface area contributed by atoms with Crippen LogP contribution in [0, 0.1) is 0 Å². The summed E-state index contributed by atoms with van der Waals surface area (Å²) in [5.41, 5.74) is 1.34. The van der Waals surface area contributed by atoms with Crippen LogP contribution in [0.3, 0.4) is 0 Å². The summed E-state index contributed by atoms with van der Waals surface area (Å²) in [7, 11) is 0. The number of ether oxygens (including phenoxy) is 2. The lowest BCUT2D eigenvalue weighted by Crippen LogP contribution is -2.38. The van der Waals surface area contributed by atoms with E-state index in [1.54, 1.807) is 0 Å². The van der Waals surface area contributed by atoms with Crippen molar-refractivity contribution in [3.05, 3.63) is 29.8 Å². The molecule has 1 saturated heterocycles. The Morgan fingerprint density at radius 1 is 1.28 bits per heavy atom. The quantitative estimate of drug-likeness (QED) is 0.806. The summed E-state index contributed by atoms with van der Waals surface area (Å²) in [5.74, 6) is 0.942. The van der Waals surface area contributed by atoms with Crippen LogP contribution in [-0.4, -0.2) is 25.9 Å². The molecule has 1 aromatic rings. The number of rotatable bonds is 7. The number of nitrogens with one attached hydrogen (secondary N) is 1. The van der Waals surface area contributed by atoms with Crippen molar-refractivity contribution in [3.63, 3.8) is 0 Å². The summed E-state index contributed by atoms with van der Waals surface area (Å²) in [6, 6.07) is 8.89. The molecule has 18 heavy (non-hydrogen) atoms. The largest absolute Gasteiger partial charge is 0.486 e. The summed E-state index contributed by atoms with van der Waals surface area (Å²) >= 11 is 0. The Morgan fingerprint density at radius 3 is 2.50 bits per heavy atom. The highest BCUT2D eigenvalue weighted by Crippen LogP contribution is 2.22. The van der Waals surface area contributed by atoms with Gasteiger partial charge in [0.1, 0.15) is 11.9 Å². The molecule has 1 atom stereocenters. The Morgan fingerprint density at radius 2 is 2.00 bits per heavy atom. The van der Waals surface area contributed by atoms with Crippen LogP contribution in [0.4, 0.5) is 0 Å². The maximum atomic E-state index is 5.75. The molecule has 1 aliphatic heterocycles. The molecule has 1 heterocycles. The fourth-order valence-electron chi connectivity index (χ4n) is 2.07. The molecule has 0 bridgehead atoms. The first-order valence-electron chi connectivity index (χ1n) is 6.91. The van der Waals surface area contributed by atoms with Crippen molar-refractivity contribution in [1.29, 1.82) is 0 Å². The molecule has 0 radical (unpaired) electrons. The Kier molecular flexibility index (Phi) is 5.02. The highest BCUT2D eigenvalue weighted by molar-refractivity contribution is 5.29. The topological polar surface area (TPSA) is 30.5 Å². The van der Waals surface area contributed by atoms with E-state index in [1.165, 1.54) is 12.0 Å². The molecule has 0 saturated carbocycles. The molecule has 1 aromatic carbocycles. The SMILES string of the molecule is CCCNC(CC)c1ccc(OC2COC2)cc1. The lowest BCUT2D eigenvalue weighted by molar-refractivity contribution is -0.0796. The molecular formula is C15H23NO2. The predicted octanol–water partition coefficient (Wildman–Crippen LogP) is 2.91. The summed E-state index contributed by atoms with van der Waals surface area (Å²) in [5, 5.41) is 3.56. The second-order valence-electron chi connectivity index (χ2n) is 4.76. The molecule has 1 N–H and O–H groups in total. The second-order valence-corrected chi connectivity index (χ2v) is 4.76. The number of benzene rings is 1. The standard InChI is InChI=1S/C15H23NO2/c1-3-9-16-15(4-2)12-5-7-13(8-6-12)18-14-10-17-11-14/h5-8,14-16H,3-4,9-11H2,1-2H3. The van der Waals surface area contributed by atoms with Gasteiger partial charge in [0.15, 0.2) is 0 Å². The highest BCUT2D eigenvalue weighted by Gasteiger charge is 2.20. The zero-order chi connectivity index (χ0) is 12.8. The second kappa shape index (κ2) is 6.76. The van der Waals surface area contributed by atoms with E-state index >= 15 is 0 Å². The van der Waals surface area contributed by atoms with E-state index < -0.39 is 0 Å². The molecule has 0 amide bonds. The molecule has 0 aromatic heterocycles. The van der Waals surface area contributed by atoms with E-state index in [4.69, 9.17) is 9.47 Å². The van der Waals surface area contributed by atoms with Crippen molar-refractivity contribution in [1.82, 2.24) is 5.32 Å². The summed E-state index contributed by atoms with van der Waals surface area (Å²) < 4.78 is 10.9. The van der Waals surface area contributed by atoms with Gasteiger partial charge in [-0.1, -0.05) is 26.0 Å². The van der Waals surface area contributed by atoms with Gasteiger partial charge in [-0.25, -0.2) is 0 Å². The van der Waals surface area contributed by atoms with Gasteiger partial charge < -0.3 is 14.8 Å². The van der Waals surface area contributed by atoms with Gasteiger partial charge in [-0.2, -0.15) is 0 Å². The third kappa shape index (κ3) is 3.47. The number of hydrogen-bond acceptors (Lipinski definition) is 3. The monoisotopic (exact) mass is 249 g/mol. The number of hydrogen-bond donors (Lipinski definition) is 1. The fourth-order valence-corrected chi connectivity index (χ4v) is 2.07. The zero-order valence-electron chi connectivity index (χ0n) is 11.3. The van der Waals surface area contributed by atoms with Gasteiger partial charge in [-0.15, -0.1) is 0 Å². The van der Waals surface area contributed by atoms with Crippen LogP contribution < -0.4 is 10.1 Å². The zero-order valence-corrected chi connectivity index (χ0v) is 11.3. The Bertz CT molecular complexity index is 346. The first-order chi connectivity index (χ1) is 8.83. The van der Waals surface area contributed by atoms with Crippen molar-refractivity contribution in [3.8, 4) is 5.75 Å². The Labute approximate surface area is 109 Å². The molecular weight excluding hydrogens is 226 g/mol. The predicted molar refractivity (Wildman–Crippen MR) is 73.0 cm³/mol. The molecule has 100 valence electrons. The van der Waals surface area contributed by atoms with Crippen molar-refractivity contribution in [2.24, 2.45) is 0 Å². The fraction of sp³-hybridized carbons (Fsp3) is 0.600. The van der Waals surface area contributed by atoms with E-state index in [1.807, 2.05) is 0 Å². The maximum Gasteiger partial charge on any atom is 0.145 e. The molecule has 0 aliphatic carbocycles. The van der Waals surface area contributed by atoms with Crippen molar-refractivity contribution in [2.75, 3.05) is 19.8 Å². The molecule has 1 unspecified atom stereocenters. The van der Waals surface area contributed by atoms with Crippen LogP contribution >= 0.6 is 0 Å². The van der Waals surface area contributed by atoms with E-state index in [0.29, 0.717) is 6.04 Å². The minimum absolute atomic E-state index is 0.246. The van der Waals surface area contributed by atoms with E-state index in [2.05, 4.69) is 43.4 Å². The normalized spacial score (nSPS) is 17.2. The molecule has 2 rings (SSSR count). The lowest BCUT2D eigenvalue weighted by atomic mass is 10.0. The van der Waals surface area contributed by atoms with Gasteiger partial charge in [0.2, 0.25) is 0 Å². The lowest BCUT2D eigenvalue weighted by Gasteiger charge is -2.27. The minimum Gasteiger partial charge on any atom is -0.486 e. The molecule has 1 aliphatic rings. The third-order valence-electron chi connectivity index (χ3n) is 3.24. The van der Waals surface area contributed by atoms with Crippen molar-refractivity contribution < 1.29 is 9.47 Å². The third-order valence-corrected chi connectivity index (χ3v) is 3.24. The van der Waals surface area contributed by atoms with Gasteiger partial charge in [-0.05, 0) is 37.1 Å². The van der Waals surface area contributed by atoms with Crippen LogP contribution in [0.1, 0.15) is 38.3 Å². The van der Waals surface area contributed by atoms with Gasteiger partial charge in [0.25, 0.3) is 0 Å². The average Bonchev–Trinajstić information content (AvgIpc) is 2.36. The van der Waals surface area contributed by atoms with Crippen molar-refractivity contribution in [2.45, 2.75) is 38.8 Å². The molecule has 1 fully saturated rings. The van der Waals surface area contributed by atoms with Crippen LogP contribution in [0.25, 0.3) is 0 Å². The van der Waals surface area contributed by atoms with Crippen LogP contribution in [-0.2, 0) is 4.74 Å². The van der Waals surface area contributed by atoms with Gasteiger partial charge in [0.05, 0.1) is 13.2 Å². The first kappa shape index (κ1) is 13.4. The van der Waals surface area contributed by atoms with E-state index in [9.17, 15) is 0 Å². The van der Waals surface area contributed by atoms with Crippen LogP contribution in [0.5, 0.6) is 5.75 Å². The Balaban J connectivity index is 1.91. The van der Waals surface area contributed by atoms with Crippen LogP contribution in [0.2, 0.25) is 0 Å². The summed E-state index contributed by atoms with van der Waals surface area (Å²) in [4.78, 5) is 0. The smallest absolute Gasteiger partial charge is 0.145 e. The minimum atomic E-state index is 0.246. The Hall–Kier alpha value is -1.06. The van der Waals surface area contributed by atoms with E-state index in [-0.39, 0.29) is 6.10 Å². The van der Waals surface area contributed by atoms with Gasteiger partial charge >= 0.3 is 0 Å². The van der Waals surface area contributed by atoms with Crippen LogP contribution in [0.15, 0.2) is 24.3 Å². The molecule has 0 spiro atoms. The summed E-state index contributed by atoms with van der Waals surface area (Å²) in [6.45, 7) is 6.91. The van der Waals surface area contributed by atoms with E-state index in [0.717, 1.165) is 31.9 Å². The maximum absolute atomic E-state index is 5.75. The highest BCUT2D eigenvalue weighted by atomic mass is 16.6.